The molecule has 4 aliphatic heterocycles. The number of nitrogens with zero attached hydrogens (tertiary/aromatic N) is 8. The molecule has 0 spiro atoms. The average Bonchev–Trinajstić information content (AvgIpc) is 4.07. The standard InChI is InChI=1S/C44H50ClF2N11O4/c1-24(56-17-19-57(20-18-56)33-6-4-5-28-35(53-55(3)37(28)33)29-10-12-34(59)50-41(29)60)25-13-15-58(16-14-25)43-48-22-31(45)40(52-43)49-27-9-11-32-30(21-27)36-38(42(61)54(32)2)62-23-44(46,47)39(51-36)26-7-8-26/h4-6,9,11,21-22,24-26,29,39,51H,7-8,10,12-20,23H2,1-3H3,(H,48,49,52)(H,50,59,60)/t24-,29?,39?/m1/s1. The lowest BCUT2D eigenvalue weighted by Crippen LogP contribution is -2.53. The van der Waals surface area contributed by atoms with Gasteiger partial charge in [-0.15, -0.1) is 0 Å². The lowest BCUT2D eigenvalue weighted by molar-refractivity contribution is -0.134. The van der Waals surface area contributed by atoms with E-state index in [4.69, 9.17) is 26.4 Å². The minimum absolute atomic E-state index is 0.107. The molecular weight excluding hydrogens is 820 g/mol. The van der Waals surface area contributed by atoms with Gasteiger partial charge in [-0.25, -0.2) is 13.8 Å². The van der Waals surface area contributed by atoms with Gasteiger partial charge in [-0.3, -0.25) is 29.3 Å². The van der Waals surface area contributed by atoms with E-state index in [-0.39, 0.29) is 29.2 Å². The van der Waals surface area contributed by atoms with Crippen LogP contribution in [-0.4, -0.2) is 105 Å². The molecule has 5 aliphatic rings. The Hall–Kier alpha value is -5.55. The Labute approximate surface area is 361 Å². The molecule has 2 aromatic carbocycles. The number of carbonyl (C=O) groups excluding carboxylic acids is 2. The highest BCUT2D eigenvalue weighted by Gasteiger charge is 2.51. The van der Waals surface area contributed by atoms with Gasteiger partial charge in [0.2, 0.25) is 23.5 Å². The average molecular weight is 870 g/mol. The van der Waals surface area contributed by atoms with Crippen molar-refractivity contribution >= 4 is 74.0 Å². The summed E-state index contributed by atoms with van der Waals surface area (Å²) in [7, 11) is 3.53. The molecule has 3 N–H and O–H groups in total. The third kappa shape index (κ3) is 7.25. The number of hydrogen-bond acceptors (Lipinski definition) is 12. The Bertz CT molecular complexity index is 2650. The zero-order valence-electron chi connectivity index (χ0n) is 35.0. The predicted molar refractivity (Wildman–Crippen MR) is 234 cm³/mol. The maximum Gasteiger partial charge on any atom is 0.301 e. The molecule has 2 unspecified atom stereocenters. The Kier molecular flexibility index (Phi) is 10.2. The summed E-state index contributed by atoms with van der Waals surface area (Å²) < 4.78 is 39.2. The van der Waals surface area contributed by atoms with E-state index in [0.717, 1.165) is 74.4 Å². The van der Waals surface area contributed by atoms with Gasteiger partial charge in [0.05, 0.1) is 46.3 Å². The van der Waals surface area contributed by atoms with Gasteiger partial charge < -0.3 is 29.7 Å². The van der Waals surface area contributed by atoms with Crippen molar-refractivity contribution in [1.29, 1.82) is 0 Å². The highest BCUT2D eigenvalue weighted by atomic mass is 35.5. The molecular formula is C44H50ClF2N11O4. The summed E-state index contributed by atoms with van der Waals surface area (Å²) >= 11 is 6.65. The molecule has 5 aromatic rings. The van der Waals surface area contributed by atoms with Crippen molar-refractivity contribution in [3.8, 4) is 5.75 Å². The summed E-state index contributed by atoms with van der Waals surface area (Å²) in [6, 6.07) is 10.8. The van der Waals surface area contributed by atoms with Crippen LogP contribution < -0.4 is 36.0 Å². The summed E-state index contributed by atoms with van der Waals surface area (Å²) in [4.78, 5) is 54.5. The van der Waals surface area contributed by atoms with Crippen LogP contribution in [-0.2, 0) is 23.7 Å². The Balaban J connectivity index is 0.790. The molecule has 0 radical (unpaired) electrons. The van der Waals surface area contributed by atoms with E-state index < -0.39 is 30.0 Å². The van der Waals surface area contributed by atoms with Crippen molar-refractivity contribution < 1.29 is 23.1 Å². The maximum atomic E-state index is 15.2. The third-order valence-corrected chi connectivity index (χ3v) is 14.1. The molecule has 4 fully saturated rings. The number of para-hydroxylation sites is 1. The first-order valence-corrected chi connectivity index (χ1v) is 22.0. The number of ether oxygens (including phenoxy) is 1. The second-order valence-electron chi connectivity index (χ2n) is 17.6. The Morgan fingerprint density at radius 2 is 1.73 bits per heavy atom. The van der Waals surface area contributed by atoms with Gasteiger partial charge in [0.15, 0.2) is 12.4 Å². The summed E-state index contributed by atoms with van der Waals surface area (Å²) in [6.45, 7) is 6.66. The molecule has 3 aromatic heterocycles. The number of piperazine rings is 1. The first-order chi connectivity index (χ1) is 29.8. The van der Waals surface area contributed by atoms with Crippen molar-refractivity contribution in [1.82, 2.24) is 34.5 Å². The lowest BCUT2D eigenvalue weighted by atomic mass is 9.89. The van der Waals surface area contributed by atoms with E-state index in [0.29, 0.717) is 71.0 Å². The highest BCUT2D eigenvalue weighted by Crippen LogP contribution is 2.46. The van der Waals surface area contributed by atoms with E-state index in [9.17, 15) is 14.4 Å². The summed E-state index contributed by atoms with van der Waals surface area (Å²) in [6.07, 6.45) is 5.74. The molecule has 1 aliphatic carbocycles. The molecule has 7 heterocycles. The van der Waals surface area contributed by atoms with Crippen LogP contribution in [0, 0.1) is 11.8 Å². The van der Waals surface area contributed by atoms with Crippen LogP contribution in [0.25, 0.3) is 21.8 Å². The van der Waals surface area contributed by atoms with E-state index in [1.165, 1.54) is 4.57 Å². The molecule has 10 rings (SSSR count). The summed E-state index contributed by atoms with van der Waals surface area (Å²) in [5, 5.41) is 15.5. The fraction of sp³-hybridized carbons (Fsp3) is 0.500. The number of rotatable bonds is 8. The fourth-order valence-corrected chi connectivity index (χ4v) is 10.2. The van der Waals surface area contributed by atoms with E-state index in [1.54, 1.807) is 25.4 Å². The van der Waals surface area contributed by atoms with E-state index in [1.807, 2.05) is 29.9 Å². The predicted octanol–water partition coefficient (Wildman–Crippen LogP) is 5.78. The quantitative estimate of drug-likeness (QED) is 0.162. The number of alkyl halides is 2. The summed E-state index contributed by atoms with van der Waals surface area (Å²) in [5.74, 6) is -2.88. The van der Waals surface area contributed by atoms with Gasteiger partial charge in [-0.2, -0.15) is 10.1 Å². The van der Waals surface area contributed by atoms with Gasteiger partial charge in [0, 0.05) is 82.3 Å². The van der Waals surface area contributed by atoms with Gasteiger partial charge in [-0.05, 0) is 75.1 Å². The first kappa shape index (κ1) is 40.5. The number of halogens is 3. The normalized spacial score (nSPS) is 22.8. The van der Waals surface area contributed by atoms with Crippen molar-refractivity contribution in [2.24, 2.45) is 25.9 Å². The molecule has 2 amide bonds. The van der Waals surface area contributed by atoms with Crippen LogP contribution in [0.15, 0.2) is 47.4 Å². The number of aromatic nitrogens is 5. The van der Waals surface area contributed by atoms with Crippen molar-refractivity contribution in [3.63, 3.8) is 0 Å². The number of piperidine rings is 2. The SMILES string of the molecule is C[C@H](C1CCN(c2ncc(Cl)c(Nc3ccc4c(c3)c3c(c(=O)n4C)OCC(F)(F)C(C4CC4)N3)n2)CC1)N1CCN(c2cccc3c(C4CCC(=O)NC4=O)nn(C)c23)CC1. The minimum Gasteiger partial charge on any atom is -0.480 e. The zero-order valence-corrected chi connectivity index (χ0v) is 35.7. The number of nitrogens with one attached hydrogen (secondary N) is 3. The van der Waals surface area contributed by atoms with Crippen molar-refractivity contribution in [3.05, 3.63) is 63.7 Å². The van der Waals surface area contributed by atoms with Crippen LogP contribution in [0.1, 0.15) is 57.1 Å². The topological polar surface area (TPSA) is 155 Å². The number of imide groups is 1. The van der Waals surface area contributed by atoms with Crippen LogP contribution in [0.5, 0.6) is 5.75 Å². The van der Waals surface area contributed by atoms with E-state index in [2.05, 4.69) is 48.6 Å². The highest BCUT2D eigenvalue weighted by molar-refractivity contribution is 6.33. The second-order valence-corrected chi connectivity index (χ2v) is 18.0. The van der Waals surface area contributed by atoms with Crippen molar-refractivity contribution in [2.45, 2.75) is 69.4 Å². The number of pyridine rings is 1. The van der Waals surface area contributed by atoms with Crippen molar-refractivity contribution in [2.75, 3.05) is 66.3 Å². The number of carbonyl (C=O) groups is 2. The third-order valence-electron chi connectivity index (χ3n) is 13.8. The first-order valence-electron chi connectivity index (χ1n) is 21.6. The van der Waals surface area contributed by atoms with Gasteiger partial charge >= 0.3 is 5.92 Å². The number of fused-ring (bicyclic) bond motifs is 4. The largest absolute Gasteiger partial charge is 0.480 e. The molecule has 3 atom stereocenters. The fourth-order valence-electron chi connectivity index (χ4n) is 10.1. The monoisotopic (exact) mass is 869 g/mol. The van der Waals surface area contributed by atoms with Crippen LogP contribution in [0.3, 0.4) is 0 Å². The van der Waals surface area contributed by atoms with Gasteiger partial charge in [-0.1, -0.05) is 23.7 Å². The maximum absolute atomic E-state index is 15.2. The minimum atomic E-state index is -3.13. The molecule has 1 saturated carbocycles. The van der Waals surface area contributed by atoms with Crippen LogP contribution in [0.4, 0.5) is 37.6 Å². The number of hydrogen-bond donors (Lipinski definition) is 3. The molecule has 3 saturated heterocycles. The second kappa shape index (κ2) is 15.7. The lowest BCUT2D eigenvalue weighted by Gasteiger charge is -2.44. The number of amides is 2. The zero-order chi connectivity index (χ0) is 43.0. The van der Waals surface area contributed by atoms with E-state index >= 15 is 8.78 Å². The van der Waals surface area contributed by atoms with Gasteiger partial charge in [0.1, 0.15) is 5.02 Å². The smallest absolute Gasteiger partial charge is 0.301 e. The number of benzene rings is 2. The molecule has 18 heteroatoms. The summed E-state index contributed by atoms with van der Waals surface area (Å²) in [5.41, 5.74) is 3.84. The molecule has 62 heavy (non-hydrogen) atoms. The van der Waals surface area contributed by atoms with Gasteiger partial charge in [0.25, 0.3) is 5.56 Å². The molecule has 0 bridgehead atoms. The molecule has 326 valence electrons. The molecule has 15 nitrogen and oxygen atoms in total. The Morgan fingerprint density at radius 3 is 2.47 bits per heavy atom. The Morgan fingerprint density at radius 1 is 0.952 bits per heavy atom. The van der Waals surface area contributed by atoms with Crippen LogP contribution in [0.2, 0.25) is 5.02 Å². The number of anilines is 5. The number of aryl methyl sites for hydroxylation is 2. The van der Waals surface area contributed by atoms with Crippen LogP contribution >= 0.6 is 11.6 Å².